The molecule has 0 aliphatic rings. The summed E-state index contributed by atoms with van der Waals surface area (Å²) in [4.78, 5) is 3.92. The maximum Gasteiger partial charge on any atom is 0.166 e. The minimum absolute atomic E-state index is 0.324. The molecule has 0 saturated heterocycles. The van der Waals surface area contributed by atoms with Crippen molar-refractivity contribution in [2.24, 2.45) is 5.73 Å². The summed E-state index contributed by atoms with van der Waals surface area (Å²) in [6, 6.07) is 11.1. The molecule has 0 fully saturated rings. The fourth-order valence-corrected chi connectivity index (χ4v) is 1.83. The van der Waals surface area contributed by atoms with E-state index < -0.39 is 0 Å². The van der Waals surface area contributed by atoms with Crippen LogP contribution >= 0.6 is 0 Å². The van der Waals surface area contributed by atoms with E-state index in [1.165, 1.54) is 0 Å². The number of methoxy groups -OCH3 is 1. The van der Waals surface area contributed by atoms with Gasteiger partial charge < -0.3 is 15.2 Å². The quantitative estimate of drug-likeness (QED) is 0.897. The number of nitrogens with two attached hydrogens (primary N) is 1. The molecule has 0 bridgehead atoms. The van der Waals surface area contributed by atoms with Crippen LogP contribution in [0.15, 0.2) is 36.5 Å². The highest BCUT2D eigenvalue weighted by atomic mass is 16.5. The molecule has 0 aliphatic carbocycles. The second-order valence-corrected chi connectivity index (χ2v) is 4.10. The van der Waals surface area contributed by atoms with Gasteiger partial charge >= 0.3 is 0 Å². The van der Waals surface area contributed by atoms with Crippen LogP contribution in [0.3, 0.4) is 0 Å². The van der Waals surface area contributed by atoms with Gasteiger partial charge in [-0.25, -0.2) is 4.98 Å². The van der Waals surface area contributed by atoms with Crippen LogP contribution in [0.5, 0.6) is 11.5 Å². The molecule has 0 radical (unpaired) electrons. The minimum atomic E-state index is 0.324. The van der Waals surface area contributed by atoms with Gasteiger partial charge in [0, 0.05) is 18.3 Å². The molecule has 0 amide bonds. The summed E-state index contributed by atoms with van der Waals surface area (Å²) in [5, 5.41) is 8.82. The maximum atomic E-state index is 8.82. The molecular weight excluding hydrogens is 254 g/mol. The number of hydrogen-bond donors (Lipinski definition) is 1. The summed E-state index contributed by atoms with van der Waals surface area (Å²) in [6.07, 6.45) is 1.59. The summed E-state index contributed by atoms with van der Waals surface area (Å²) in [5.74, 6) is 1.27. The second-order valence-electron chi connectivity index (χ2n) is 4.10. The molecule has 1 aromatic carbocycles. The van der Waals surface area contributed by atoms with Crippen LogP contribution < -0.4 is 15.2 Å². The Morgan fingerprint density at radius 2 is 2.20 bits per heavy atom. The summed E-state index contributed by atoms with van der Waals surface area (Å²) in [7, 11) is 1.59. The van der Waals surface area contributed by atoms with Crippen LogP contribution in [-0.4, -0.2) is 12.1 Å². The van der Waals surface area contributed by atoms with E-state index in [2.05, 4.69) is 4.98 Å². The number of pyridine rings is 1. The van der Waals surface area contributed by atoms with Gasteiger partial charge in [0.05, 0.1) is 7.11 Å². The van der Waals surface area contributed by atoms with Crippen molar-refractivity contribution in [2.45, 2.75) is 13.2 Å². The fourth-order valence-electron chi connectivity index (χ4n) is 1.83. The third kappa shape index (κ3) is 3.05. The van der Waals surface area contributed by atoms with E-state index in [-0.39, 0.29) is 0 Å². The molecule has 5 nitrogen and oxygen atoms in total. The van der Waals surface area contributed by atoms with Crippen LogP contribution in [0, 0.1) is 11.3 Å². The zero-order valence-corrected chi connectivity index (χ0v) is 11.2. The third-order valence-electron chi connectivity index (χ3n) is 2.82. The molecule has 0 aliphatic heterocycles. The Bertz CT molecular complexity index is 613. The highest BCUT2D eigenvalue weighted by molar-refractivity contribution is 5.46. The van der Waals surface area contributed by atoms with Crippen LogP contribution in [-0.2, 0) is 13.2 Å². The Balaban J connectivity index is 2.20. The molecule has 2 rings (SSSR count). The molecule has 20 heavy (non-hydrogen) atoms. The Labute approximate surface area is 117 Å². The molecule has 2 N–H and O–H groups in total. The average molecular weight is 269 g/mol. The smallest absolute Gasteiger partial charge is 0.166 e. The first-order chi connectivity index (χ1) is 9.78. The molecule has 1 heterocycles. The van der Waals surface area contributed by atoms with Gasteiger partial charge in [0.1, 0.15) is 18.4 Å². The zero-order valence-electron chi connectivity index (χ0n) is 11.2. The standard InChI is InChI=1S/C15H15N3O2/c1-19-14-4-2-3-12(8-16)15(14)20-10-11-5-6-18-13(7-11)9-17/h2-7H,8,10,16H2,1H3. The van der Waals surface area contributed by atoms with E-state index in [0.717, 1.165) is 11.1 Å². The van der Waals surface area contributed by atoms with Crippen molar-refractivity contribution in [1.29, 1.82) is 5.26 Å². The molecule has 0 saturated carbocycles. The summed E-state index contributed by atoms with van der Waals surface area (Å²) < 4.78 is 11.1. The molecule has 1 aromatic heterocycles. The highest BCUT2D eigenvalue weighted by Gasteiger charge is 2.09. The van der Waals surface area contributed by atoms with Gasteiger partial charge in [-0.05, 0) is 23.8 Å². The largest absolute Gasteiger partial charge is 0.493 e. The number of ether oxygens (including phenoxy) is 2. The monoisotopic (exact) mass is 269 g/mol. The predicted octanol–water partition coefficient (Wildman–Crippen LogP) is 2.00. The summed E-state index contributed by atoms with van der Waals surface area (Å²) >= 11 is 0. The first kappa shape index (κ1) is 13.8. The van der Waals surface area contributed by atoms with Gasteiger partial charge in [-0.1, -0.05) is 12.1 Å². The normalized spacial score (nSPS) is 9.85. The van der Waals surface area contributed by atoms with Crippen molar-refractivity contribution < 1.29 is 9.47 Å². The lowest BCUT2D eigenvalue weighted by Crippen LogP contribution is -2.04. The zero-order chi connectivity index (χ0) is 14.4. The number of nitrogens with zero attached hydrogens (tertiary/aromatic N) is 2. The Morgan fingerprint density at radius 1 is 1.35 bits per heavy atom. The molecule has 0 unspecified atom stereocenters. The molecule has 2 aromatic rings. The number of para-hydroxylation sites is 1. The van der Waals surface area contributed by atoms with Crippen molar-refractivity contribution in [1.82, 2.24) is 4.98 Å². The molecule has 0 atom stereocenters. The molecular formula is C15H15N3O2. The van der Waals surface area contributed by atoms with E-state index in [1.807, 2.05) is 24.3 Å². The van der Waals surface area contributed by atoms with Crippen molar-refractivity contribution >= 4 is 0 Å². The number of hydrogen-bond acceptors (Lipinski definition) is 5. The van der Waals surface area contributed by atoms with Crippen LogP contribution in [0.2, 0.25) is 0 Å². The summed E-state index contributed by atoms with van der Waals surface area (Å²) in [6.45, 7) is 0.691. The second kappa shape index (κ2) is 6.55. The van der Waals surface area contributed by atoms with Gasteiger partial charge in [-0.2, -0.15) is 5.26 Å². The van der Waals surface area contributed by atoms with E-state index in [4.69, 9.17) is 20.5 Å². The predicted molar refractivity (Wildman–Crippen MR) is 74.2 cm³/mol. The number of nitriles is 1. The Kier molecular flexibility index (Phi) is 4.53. The van der Waals surface area contributed by atoms with Crippen molar-refractivity contribution in [2.75, 3.05) is 7.11 Å². The summed E-state index contributed by atoms with van der Waals surface area (Å²) in [5.41, 5.74) is 7.81. The highest BCUT2D eigenvalue weighted by Crippen LogP contribution is 2.31. The lowest BCUT2D eigenvalue weighted by atomic mass is 10.2. The molecule has 5 heteroatoms. The molecule has 102 valence electrons. The average Bonchev–Trinajstić information content (AvgIpc) is 2.52. The van der Waals surface area contributed by atoms with Gasteiger partial charge in [0.2, 0.25) is 0 Å². The van der Waals surface area contributed by atoms with E-state index in [9.17, 15) is 0 Å². The van der Waals surface area contributed by atoms with Crippen LogP contribution in [0.1, 0.15) is 16.8 Å². The number of benzene rings is 1. The number of rotatable bonds is 5. The lowest BCUT2D eigenvalue weighted by Gasteiger charge is -2.14. The maximum absolute atomic E-state index is 8.82. The van der Waals surface area contributed by atoms with E-state index in [1.54, 1.807) is 25.4 Å². The van der Waals surface area contributed by atoms with Crippen molar-refractivity contribution in [3.63, 3.8) is 0 Å². The van der Waals surface area contributed by atoms with Crippen molar-refractivity contribution in [3.05, 3.63) is 53.3 Å². The Morgan fingerprint density at radius 3 is 2.90 bits per heavy atom. The lowest BCUT2D eigenvalue weighted by molar-refractivity contribution is 0.281. The Hall–Kier alpha value is -2.58. The number of aromatic nitrogens is 1. The van der Waals surface area contributed by atoms with Gasteiger partial charge in [-0.15, -0.1) is 0 Å². The van der Waals surface area contributed by atoms with Crippen LogP contribution in [0.4, 0.5) is 0 Å². The van der Waals surface area contributed by atoms with E-state index >= 15 is 0 Å². The van der Waals surface area contributed by atoms with E-state index in [0.29, 0.717) is 30.3 Å². The molecule has 0 spiro atoms. The van der Waals surface area contributed by atoms with Gasteiger partial charge in [-0.3, -0.25) is 0 Å². The van der Waals surface area contributed by atoms with Gasteiger partial charge in [0.25, 0.3) is 0 Å². The van der Waals surface area contributed by atoms with Crippen LogP contribution in [0.25, 0.3) is 0 Å². The van der Waals surface area contributed by atoms with Crippen molar-refractivity contribution in [3.8, 4) is 17.6 Å². The first-order valence-corrected chi connectivity index (χ1v) is 6.12. The minimum Gasteiger partial charge on any atom is -0.493 e. The third-order valence-corrected chi connectivity index (χ3v) is 2.82. The fraction of sp³-hybridized carbons (Fsp3) is 0.200. The van der Waals surface area contributed by atoms with Gasteiger partial charge in [0.15, 0.2) is 11.5 Å². The first-order valence-electron chi connectivity index (χ1n) is 6.12. The SMILES string of the molecule is COc1cccc(CN)c1OCc1ccnc(C#N)c1. The topological polar surface area (TPSA) is 81.2 Å².